The monoisotopic (exact) mass is 225 g/mol. The molecule has 1 aromatic rings. The maximum atomic E-state index is 5.97. The lowest BCUT2D eigenvalue weighted by Crippen LogP contribution is -2.42. The third-order valence-electron chi connectivity index (χ3n) is 2.93. The van der Waals surface area contributed by atoms with Crippen molar-refractivity contribution in [3.63, 3.8) is 0 Å². The van der Waals surface area contributed by atoms with Crippen LogP contribution >= 0.6 is 11.6 Å². The smallest absolute Gasteiger partial charge is 0.122 e. The van der Waals surface area contributed by atoms with Crippen molar-refractivity contribution in [3.8, 4) is 5.75 Å². The Morgan fingerprint density at radius 3 is 2.87 bits per heavy atom. The first kappa shape index (κ1) is 10.8. The number of aryl methyl sites for hydroxylation is 1. The molecule has 0 spiro atoms. The lowest BCUT2D eigenvalue weighted by Gasteiger charge is -2.27. The molecule has 0 bridgehead atoms. The molecular formula is C12H16ClNO. The maximum Gasteiger partial charge on any atom is 0.122 e. The molecule has 0 atom stereocenters. The zero-order chi connectivity index (χ0) is 10.7. The van der Waals surface area contributed by atoms with Crippen molar-refractivity contribution in [2.24, 2.45) is 5.92 Å². The van der Waals surface area contributed by atoms with Crippen molar-refractivity contribution < 1.29 is 4.74 Å². The average Bonchev–Trinajstić information content (AvgIpc) is 2.16. The van der Waals surface area contributed by atoms with E-state index in [0.717, 1.165) is 36.2 Å². The highest BCUT2D eigenvalue weighted by atomic mass is 35.5. The highest BCUT2D eigenvalue weighted by Gasteiger charge is 2.16. The first-order chi connectivity index (χ1) is 7.29. The van der Waals surface area contributed by atoms with Crippen LogP contribution in [0.3, 0.4) is 0 Å². The third-order valence-corrected chi connectivity index (χ3v) is 3.17. The summed E-state index contributed by atoms with van der Waals surface area (Å²) < 4.78 is 5.31. The van der Waals surface area contributed by atoms with Gasteiger partial charge in [-0.3, -0.25) is 0 Å². The summed E-state index contributed by atoms with van der Waals surface area (Å²) in [5, 5.41) is 4.07. The highest BCUT2D eigenvalue weighted by molar-refractivity contribution is 6.30. The number of hydrogen-bond donors (Lipinski definition) is 1. The van der Waals surface area contributed by atoms with Gasteiger partial charge in [0, 0.05) is 5.02 Å². The second-order valence-electron chi connectivity index (χ2n) is 4.02. The van der Waals surface area contributed by atoms with E-state index in [1.54, 1.807) is 7.11 Å². The normalized spacial score (nSPS) is 16.1. The fraction of sp³-hybridized carbons (Fsp3) is 0.500. The quantitative estimate of drug-likeness (QED) is 0.850. The second kappa shape index (κ2) is 4.86. The lowest BCUT2D eigenvalue weighted by molar-refractivity contribution is 0.325. The van der Waals surface area contributed by atoms with Gasteiger partial charge in [0.1, 0.15) is 5.75 Å². The Morgan fingerprint density at radius 1 is 1.47 bits per heavy atom. The summed E-state index contributed by atoms with van der Waals surface area (Å²) >= 11 is 5.97. The maximum absolute atomic E-state index is 5.97. The van der Waals surface area contributed by atoms with Crippen LogP contribution in [0.25, 0.3) is 0 Å². The van der Waals surface area contributed by atoms with Crippen molar-refractivity contribution in [1.29, 1.82) is 0 Å². The van der Waals surface area contributed by atoms with E-state index in [4.69, 9.17) is 16.3 Å². The van der Waals surface area contributed by atoms with E-state index in [1.807, 2.05) is 18.2 Å². The lowest BCUT2D eigenvalue weighted by atomic mass is 9.94. The molecule has 2 rings (SSSR count). The van der Waals surface area contributed by atoms with Crippen LogP contribution in [0.2, 0.25) is 5.02 Å². The molecule has 2 nitrogen and oxygen atoms in total. The minimum absolute atomic E-state index is 0.789. The van der Waals surface area contributed by atoms with Gasteiger partial charge in [0.05, 0.1) is 7.11 Å². The van der Waals surface area contributed by atoms with E-state index >= 15 is 0 Å². The molecule has 3 heteroatoms. The number of hydrogen-bond acceptors (Lipinski definition) is 2. The number of benzene rings is 1. The molecule has 1 fully saturated rings. The molecule has 82 valence electrons. The van der Waals surface area contributed by atoms with Crippen molar-refractivity contribution in [1.82, 2.24) is 5.32 Å². The molecule has 1 heterocycles. The topological polar surface area (TPSA) is 21.3 Å². The molecule has 0 saturated carbocycles. The molecule has 0 radical (unpaired) electrons. The summed E-state index contributed by atoms with van der Waals surface area (Å²) in [6.45, 7) is 2.31. The molecule has 1 aliphatic heterocycles. The van der Waals surface area contributed by atoms with Crippen molar-refractivity contribution in [3.05, 3.63) is 28.8 Å². The standard InChI is InChI=1S/C12H16ClNO/c1-15-12-5-4-11(13)6-10(12)3-2-9-7-14-8-9/h4-6,9,14H,2-3,7-8H2,1H3. The molecule has 0 unspecified atom stereocenters. The van der Waals surface area contributed by atoms with Crippen molar-refractivity contribution in [2.75, 3.05) is 20.2 Å². The van der Waals surface area contributed by atoms with Crippen LogP contribution in [0.4, 0.5) is 0 Å². The molecule has 0 aromatic heterocycles. The number of nitrogens with one attached hydrogen (secondary N) is 1. The molecule has 15 heavy (non-hydrogen) atoms. The summed E-state index contributed by atoms with van der Waals surface area (Å²) in [4.78, 5) is 0. The minimum Gasteiger partial charge on any atom is -0.496 e. The molecule has 1 aliphatic rings. The van der Waals surface area contributed by atoms with Crippen LogP contribution in [-0.4, -0.2) is 20.2 Å². The van der Waals surface area contributed by atoms with Gasteiger partial charge in [0.2, 0.25) is 0 Å². The first-order valence-corrected chi connectivity index (χ1v) is 5.70. The second-order valence-corrected chi connectivity index (χ2v) is 4.46. The fourth-order valence-electron chi connectivity index (χ4n) is 1.85. The van der Waals surface area contributed by atoms with E-state index in [0.29, 0.717) is 0 Å². The highest BCUT2D eigenvalue weighted by Crippen LogP contribution is 2.25. The summed E-state index contributed by atoms with van der Waals surface area (Å²) in [6, 6.07) is 5.82. The molecule has 1 saturated heterocycles. The number of methoxy groups -OCH3 is 1. The molecule has 1 N–H and O–H groups in total. The summed E-state index contributed by atoms with van der Waals surface area (Å²) in [6.07, 6.45) is 2.26. The Morgan fingerprint density at radius 2 is 2.27 bits per heavy atom. The fourth-order valence-corrected chi connectivity index (χ4v) is 2.05. The molecule has 0 amide bonds. The van der Waals surface area contributed by atoms with Crippen molar-refractivity contribution >= 4 is 11.6 Å². The van der Waals surface area contributed by atoms with Gasteiger partial charge in [0.15, 0.2) is 0 Å². The average molecular weight is 226 g/mol. The molecule has 0 aliphatic carbocycles. The zero-order valence-corrected chi connectivity index (χ0v) is 9.68. The Balaban J connectivity index is 2.00. The number of rotatable bonds is 4. The van der Waals surface area contributed by atoms with Gasteiger partial charge >= 0.3 is 0 Å². The van der Waals surface area contributed by atoms with Gasteiger partial charge in [-0.05, 0) is 55.6 Å². The van der Waals surface area contributed by atoms with Gasteiger partial charge in [-0.25, -0.2) is 0 Å². The van der Waals surface area contributed by atoms with Crippen LogP contribution in [0.5, 0.6) is 5.75 Å². The van der Waals surface area contributed by atoms with Gasteiger partial charge in [-0.1, -0.05) is 11.6 Å². The zero-order valence-electron chi connectivity index (χ0n) is 8.92. The summed E-state index contributed by atoms with van der Waals surface area (Å²) in [5.74, 6) is 1.78. The summed E-state index contributed by atoms with van der Waals surface area (Å²) in [5.41, 5.74) is 1.22. The number of halogens is 1. The van der Waals surface area contributed by atoms with Gasteiger partial charge < -0.3 is 10.1 Å². The Bertz CT molecular complexity index is 336. The van der Waals surface area contributed by atoms with Gasteiger partial charge in [0.25, 0.3) is 0 Å². The SMILES string of the molecule is COc1ccc(Cl)cc1CCC1CNC1. The Labute approximate surface area is 95.6 Å². The number of ether oxygens (including phenoxy) is 1. The Hall–Kier alpha value is -0.730. The molecule has 1 aromatic carbocycles. The van der Waals surface area contributed by atoms with E-state index < -0.39 is 0 Å². The minimum atomic E-state index is 0.789. The van der Waals surface area contributed by atoms with Gasteiger partial charge in [-0.15, -0.1) is 0 Å². The van der Waals surface area contributed by atoms with Crippen LogP contribution in [0.15, 0.2) is 18.2 Å². The van der Waals surface area contributed by atoms with E-state index in [-0.39, 0.29) is 0 Å². The first-order valence-electron chi connectivity index (χ1n) is 5.32. The van der Waals surface area contributed by atoms with Gasteiger partial charge in [-0.2, -0.15) is 0 Å². The van der Waals surface area contributed by atoms with E-state index in [2.05, 4.69) is 5.32 Å². The van der Waals surface area contributed by atoms with Crippen LogP contribution in [-0.2, 0) is 6.42 Å². The van der Waals surface area contributed by atoms with Crippen LogP contribution < -0.4 is 10.1 Å². The summed E-state index contributed by atoms with van der Waals surface area (Å²) in [7, 11) is 1.71. The van der Waals surface area contributed by atoms with Crippen LogP contribution in [0, 0.1) is 5.92 Å². The largest absolute Gasteiger partial charge is 0.496 e. The predicted octanol–water partition coefficient (Wildman–Crippen LogP) is 2.50. The van der Waals surface area contributed by atoms with E-state index in [9.17, 15) is 0 Å². The molecular weight excluding hydrogens is 210 g/mol. The predicted molar refractivity (Wildman–Crippen MR) is 62.7 cm³/mol. The Kier molecular flexibility index (Phi) is 3.49. The van der Waals surface area contributed by atoms with Crippen molar-refractivity contribution in [2.45, 2.75) is 12.8 Å². The van der Waals surface area contributed by atoms with E-state index in [1.165, 1.54) is 12.0 Å². The van der Waals surface area contributed by atoms with Crippen LogP contribution in [0.1, 0.15) is 12.0 Å². The third kappa shape index (κ3) is 2.64.